The molecule has 8 heteroatoms. The molecule has 0 unspecified atom stereocenters. The second-order valence-corrected chi connectivity index (χ2v) is 7.62. The number of hydrogen-bond donors (Lipinski definition) is 1. The lowest BCUT2D eigenvalue weighted by Gasteiger charge is -2.11. The highest BCUT2D eigenvalue weighted by molar-refractivity contribution is 7.90. The van der Waals surface area contributed by atoms with Crippen molar-refractivity contribution in [2.24, 2.45) is 0 Å². The summed E-state index contributed by atoms with van der Waals surface area (Å²) in [4.78, 5) is 16.9. The van der Waals surface area contributed by atoms with Gasteiger partial charge in [0.1, 0.15) is 5.82 Å². The monoisotopic (exact) mass is 352 g/mol. The second kappa shape index (κ2) is 6.45. The van der Waals surface area contributed by atoms with Gasteiger partial charge in [0, 0.05) is 24.1 Å². The van der Waals surface area contributed by atoms with Crippen LogP contribution in [0.2, 0.25) is 0 Å². The molecule has 1 heterocycles. The van der Waals surface area contributed by atoms with Gasteiger partial charge < -0.3 is 4.74 Å². The van der Waals surface area contributed by atoms with Gasteiger partial charge in [-0.25, -0.2) is 17.5 Å². The van der Waals surface area contributed by atoms with Crippen LogP contribution in [0.15, 0.2) is 24.3 Å². The van der Waals surface area contributed by atoms with Crippen molar-refractivity contribution in [3.05, 3.63) is 41.3 Å². The van der Waals surface area contributed by atoms with Crippen molar-refractivity contribution < 1.29 is 22.3 Å². The van der Waals surface area contributed by atoms with Gasteiger partial charge in [0.05, 0.1) is 23.4 Å². The standard InChI is InChI=1S/C16H17FN2O4S/c1-23-6-7-24(21,22)19-16(20)13-9-15(10-2-3-10)18-14-5-4-11(17)8-12(13)14/h4-5,8-10H,2-3,6-7H2,1H3,(H,19,20). The lowest BCUT2D eigenvalue weighted by molar-refractivity contribution is 0.0982. The van der Waals surface area contributed by atoms with Gasteiger partial charge in [-0.3, -0.25) is 9.78 Å². The molecule has 3 rings (SSSR count). The molecule has 1 aromatic carbocycles. The van der Waals surface area contributed by atoms with E-state index in [0.29, 0.717) is 10.9 Å². The topological polar surface area (TPSA) is 85.4 Å². The Labute approximate surface area is 139 Å². The van der Waals surface area contributed by atoms with Crippen molar-refractivity contribution in [1.82, 2.24) is 9.71 Å². The van der Waals surface area contributed by atoms with Gasteiger partial charge in [-0.2, -0.15) is 0 Å². The first-order valence-corrected chi connectivity index (χ1v) is 9.19. The van der Waals surface area contributed by atoms with Crippen molar-refractivity contribution in [3.63, 3.8) is 0 Å². The Bertz CT molecular complexity index is 894. The molecule has 128 valence electrons. The smallest absolute Gasteiger partial charge is 0.265 e. The van der Waals surface area contributed by atoms with Crippen LogP contribution in [0.1, 0.15) is 34.8 Å². The Morgan fingerprint density at radius 2 is 2.12 bits per heavy atom. The number of carbonyl (C=O) groups is 1. The maximum Gasteiger partial charge on any atom is 0.265 e. The highest BCUT2D eigenvalue weighted by atomic mass is 32.2. The summed E-state index contributed by atoms with van der Waals surface area (Å²) >= 11 is 0. The summed E-state index contributed by atoms with van der Waals surface area (Å²) in [6.45, 7) is -0.0261. The van der Waals surface area contributed by atoms with Crippen LogP contribution in [0, 0.1) is 5.82 Å². The third-order valence-electron chi connectivity index (χ3n) is 3.84. The largest absolute Gasteiger partial charge is 0.384 e. The third kappa shape index (κ3) is 3.70. The Morgan fingerprint density at radius 1 is 1.38 bits per heavy atom. The van der Waals surface area contributed by atoms with Gasteiger partial charge in [0.15, 0.2) is 0 Å². The summed E-state index contributed by atoms with van der Waals surface area (Å²) in [5.74, 6) is -1.36. The average Bonchev–Trinajstić information content (AvgIpc) is 3.36. The van der Waals surface area contributed by atoms with Crippen molar-refractivity contribution in [2.75, 3.05) is 19.5 Å². The molecule has 1 amide bonds. The number of fused-ring (bicyclic) bond motifs is 1. The molecule has 0 bridgehead atoms. The van der Waals surface area contributed by atoms with Gasteiger partial charge in [-0.1, -0.05) is 0 Å². The van der Waals surface area contributed by atoms with Crippen LogP contribution in [0.4, 0.5) is 4.39 Å². The summed E-state index contributed by atoms with van der Waals surface area (Å²) in [7, 11) is -2.45. The van der Waals surface area contributed by atoms with E-state index in [1.807, 2.05) is 4.72 Å². The molecule has 6 nitrogen and oxygen atoms in total. The molecule has 1 fully saturated rings. The number of halogens is 1. The van der Waals surface area contributed by atoms with E-state index in [-0.39, 0.29) is 23.8 Å². The maximum absolute atomic E-state index is 13.6. The number of sulfonamides is 1. The van der Waals surface area contributed by atoms with Crippen molar-refractivity contribution in [1.29, 1.82) is 0 Å². The number of aromatic nitrogens is 1. The second-order valence-electron chi connectivity index (χ2n) is 5.77. The molecule has 0 atom stereocenters. The molecule has 1 N–H and O–H groups in total. The lowest BCUT2D eigenvalue weighted by atomic mass is 10.1. The molecular weight excluding hydrogens is 335 g/mol. The van der Waals surface area contributed by atoms with Gasteiger partial charge >= 0.3 is 0 Å². The zero-order chi connectivity index (χ0) is 17.3. The quantitative estimate of drug-likeness (QED) is 0.859. The van der Waals surface area contributed by atoms with Crippen molar-refractivity contribution in [2.45, 2.75) is 18.8 Å². The molecule has 1 aliphatic carbocycles. The normalized spacial score (nSPS) is 14.8. The molecule has 1 saturated carbocycles. The van der Waals surface area contributed by atoms with Crippen LogP contribution in [0.5, 0.6) is 0 Å². The van der Waals surface area contributed by atoms with E-state index in [9.17, 15) is 17.6 Å². The minimum absolute atomic E-state index is 0.0261. The number of benzene rings is 1. The van der Waals surface area contributed by atoms with Gasteiger partial charge in [0.2, 0.25) is 10.0 Å². The van der Waals surface area contributed by atoms with E-state index in [0.717, 1.165) is 18.5 Å². The predicted octanol–water partition coefficient (Wildman–Crippen LogP) is 1.96. The van der Waals surface area contributed by atoms with Crippen molar-refractivity contribution in [3.8, 4) is 0 Å². The Kier molecular flexibility index (Phi) is 4.51. The van der Waals surface area contributed by atoms with E-state index in [2.05, 4.69) is 4.98 Å². The Morgan fingerprint density at radius 3 is 2.79 bits per heavy atom. The van der Waals surface area contributed by atoms with Crippen LogP contribution < -0.4 is 4.72 Å². The first-order valence-electron chi connectivity index (χ1n) is 7.53. The molecule has 1 aromatic heterocycles. The molecule has 0 saturated heterocycles. The average molecular weight is 352 g/mol. The van der Waals surface area contributed by atoms with E-state index < -0.39 is 21.7 Å². The van der Waals surface area contributed by atoms with E-state index in [4.69, 9.17) is 4.74 Å². The van der Waals surface area contributed by atoms with Gasteiger partial charge in [0.25, 0.3) is 5.91 Å². The number of nitrogens with one attached hydrogen (secondary N) is 1. The van der Waals surface area contributed by atoms with E-state index >= 15 is 0 Å². The van der Waals surface area contributed by atoms with Crippen LogP contribution >= 0.6 is 0 Å². The Balaban J connectivity index is 2.00. The highest BCUT2D eigenvalue weighted by Crippen LogP contribution is 2.40. The minimum Gasteiger partial charge on any atom is -0.384 e. The number of rotatable bonds is 6. The van der Waals surface area contributed by atoms with E-state index in [1.54, 1.807) is 6.07 Å². The number of methoxy groups -OCH3 is 1. The summed E-state index contributed by atoms with van der Waals surface area (Å²) < 4.78 is 44.1. The number of ether oxygens (including phenoxy) is 1. The van der Waals surface area contributed by atoms with Crippen LogP contribution in [-0.2, 0) is 14.8 Å². The summed E-state index contributed by atoms with van der Waals surface area (Å²) in [5.41, 5.74) is 1.32. The number of hydrogen-bond acceptors (Lipinski definition) is 5. The molecule has 0 radical (unpaired) electrons. The van der Waals surface area contributed by atoms with Gasteiger partial charge in [-0.05, 0) is 37.1 Å². The number of nitrogens with zero attached hydrogens (tertiary/aromatic N) is 1. The van der Waals surface area contributed by atoms with Crippen LogP contribution in [0.25, 0.3) is 10.9 Å². The summed E-state index contributed by atoms with van der Waals surface area (Å²) in [6, 6.07) is 5.51. The molecule has 1 aliphatic rings. The molecule has 24 heavy (non-hydrogen) atoms. The van der Waals surface area contributed by atoms with Crippen LogP contribution in [0.3, 0.4) is 0 Å². The SMILES string of the molecule is COCCS(=O)(=O)NC(=O)c1cc(C2CC2)nc2ccc(F)cc12. The summed E-state index contributed by atoms with van der Waals surface area (Å²) in [6.07, 6.45) is 1.96. The predicted molar refractivity (Wildman–Crippen MR) is 86.8 cm³/mol. The molecule has 2 aromatic rings. The third-order valence-corrected chi connectivity index (χ3v) is 5.04. The minimum atomic E-state index is -3.83. The Hall–Kier alpha value is -2.06. The number of amides is 1. The lowest BCUT2D eigenvalue weighted by Crippen LogP contribution is -2.34. The van der Waals surface area contributed by atoms with Gasteiger partial charge in [-0.15, -0.1) is 0 Å². The first kappa shape index (κ1) is 16.8. The molecule has 0 aliphatic heterocycles. The fourth-order valence-electron chi connectivity index (χ4n) is 2.43. The zero-order valence-corrected chi connectivity index (χ0v) is 13.9. The molecular formula is C16H17FN2O4S. The van der Waals surface area contributed by atoms with Crippen LogP contribution in [-0.4, -0.2) is 38.8 Å². The maximum atomic E-state index is 13.6. The fraction of sp³-hybridized carbons (Fsp3) is 0.375. The zero-order valence-electron chi connectivity index (χ0n) is 13.1. The molecule has 0 spiro atoms. The first-order chi connectivity index (χ1) is 11.4. The van der Waals surface area contributed by atoms with Crippen molar-refractivity contribution >= 4 is 26.8 Å². The summed E-state index contributed by atoms with van der Waals surface area (Å²) in [5, 5.41) is 0.291. The number of pyridine rings is 1. The number of carbonyl (C=O) groups excluding carboxylic acids is 1. The fourth-order valence-corrected chi connectivity index (χ4v) is 3.32. The highest BCUT2D eigenvalue weighted by Gasteiger charge is 2.27. The van der Waals surface area contributed by atoms with E-state index in [1.165, 1.54) is 25.3 Å².